The number of furan rings is 1. The SMILES string of the molecule is c1ccc(-c2cc(-c3cc(-c4nc(-c5ccccc5)nc(-c5ccccc5)n4)cc(-c4cc5c(-c6ccccc6)nc6ccccc6c5c5c4oc4ccccc45)c3)nc(-c3ccccc3)n2)cc1. The lowest BCUT2D eigenvalue weighted by atomic mass is 9.90. The molecule has 69 heavy (non-hydrogen) atoms. The Kier molecular flexibility index (Phi) is 9.68. The Morgan fingerprint density at radius 2 is 0.725 bits per heavy atom. The number of fused-ring (bicyclic) bond motifs is 7. The molecule has 0 bridgehead atoms. The molecular formula is C62H38N6O. The second-order valence-corrected chi connectivity index (χ2v) is 17.0. The van der Waals surface area contributed by atoms with E-state index in [1.165, 1.54) is 0 Å². The van der Waals surface area contributed by atoms with Gasteiger partial charge in [0, 0.05) is 71.4 Å². The fourth-order valence-corrected chi connectivity index (χ4v) is 9.43. The molecule has 0 saturated heterocycles. The molecule has 7 nitrogen and oxygen atoms in total. The first-order valence-corrected chi connectivity index (χ1v) is 22.9. The quantitative estimate of drug-likeness (QED) is 0.140. The molecule has 0 atom stereocenters. The van der Waals surface area contributed by atoms with Crippen LogP contribution in [0, 0.1) is 0 Å². The molecule has 0 saturated carbocycles. The molecule has 4 aromatic heterocycles. The molecule has 9 aromatic carbocycles. The summed E-state index contributed by atoms with van der Waals surface area (Å²) in [6.07, 6.45) is 0. The lowest BCUT2D eigenvalue weighted by Gasteiger charge is -2.16. The number of rotatable bonds is 8. The molecule has 0 aliphatic rings. The first-order valence-electron chi connectivity index (χ1n) is 22.9. The van der Waals surface area contributed by atoms with Crippen LogP contribution in [0.2, 0.25) is 0 Å². The average Bonchev–Trinajstić information content (AvgIpc) is 3.83. The van der Waals surface area contributed by atoms with Gasteiger partial charge in [0.25, 0.3) is 0 Å². The van der Waals surface area contributed by atoms with E-state index in [-0.39, 0.29) is 0 Å². The number of hydrogen-bond acceptors (Lipinski definition) is 7. The lowest BCUT2D eigenvalue weighted by molar-refractivity contribution is 0.670. The van der Waals surface area contributed by atoms with Crippen molar-refractivity contribution in [3.63, 3.8) is 0 Å². The van der Waals surface area contributed by atoms with Crippen LogP contribution in [0.5, 0.6) is 0 Å². The van der Waals surface area contributed by atoms with Crippen LogP contribution in [0.1, 0.15) is 0 Å². The van der Waals surface area contributed by atoms with Gasteiger partial charge in [-0.15, -0.1) is 0 Å². The summed E-state index contributed by atoms with van der Waals surface area (Å²) in [6.45, 7) is 0. The first kappa shape index (κ1) is 39.9. The fraction of sp³-hybridized carbons (Fsp3) is 0. The minimum absolute atomic E-state index is 0.519. The molecule has 322 valence electrons. The molecule has 13 rings (SSSR count). The van der Waals surface area contributed by atoms with E-state index in [9.17, 15) is 0 Å². The van der Waals surface area contributed by atoms with Crippen LogP contribution >= 0.6 is 0 Å². The Labute approximate surface area is 397 Å². The highest BCUT2D eigenvalue weighted by molar-refractivity contribution is 6.30. The van der Waals surface area contributed by atoms with Crippen molar-refractivity contribution in [2.45, 2.75) is 0 Å². The molecule has 0 aliphatic heterocycles. The summed E-state index contributed by atoms with van der Waals surface area (Å²) < 4.78 is 7.05. The maximum Gasteiger partial charge on any atom is 0.164 e. The monoisotopic (exact) mass is 882 g/mol. The number of pyridine rings is 1. The van der Waals surface area contributed by atoms with Crippen LogP contribution in [0.15, 0.2) is 235 Å². The average molecular weight is 883 g/mol. The van der Waals surface area contributed by atoms with Crippen molar-refractivity contribution < 1.29 is 4.42 Å². The van der Waals surface area contributed by atoms with Gasteiger partial charge in [-0.3, -0.25) is 0 Å². The highest BCUT2D eigenvalue weighted by atomic mass is 16.3. The zero-order valence-corrected chi connectivity index (χ0v) is 37.0. The Morgan fingerprint density at radius 3 is 1.33 bits per heavy atom. The molecule has 13 aromatic rings. The first-order chi connectivity index (χ1) is 34.2. The van der Waals surface area contributed by atoms with E-state index in [1.807, 2.05) is 127 Å². The zero-order valence-electron chi connectivity index (χ0n) is 37.0. The van der Waals surface area contributed by atoms with Gasteiger partial charge in [-0.25, -0.2) is 29.9 Å². The topological polar surface area (TPSA) is 90.5 Å². The third-order valence-electron chi connectivity index (χ3n) is 12.7. The van der Waals surface area contributed by atoms with Crippen molar-refractivity contribution in [3.8, 4) is 90.5 Å². The van der Waals surface area contributed by atoms with E-state index in [1.54, 1.807) is 0 Å². The second kappa shape index (κ2) is 16.8. The molecule has 0 fully saturated rings. The summed E-state index contributed by atoms with van der Waals surface area (Å²) in [4.78, 5) is 31.4. The van der Waals surface area contributed by atoms with Gasteiger partial charge in [0.2, 0.25) is 0 Å². The number of hydrogen-bond donors (Lipinski definition) is 0. The summed E-state index contributed by atoms with van der Waals surface area (Å²) in [6, 6.07) is 78.5. The highest BCUT2D eigenvalue weighted by Crippen LogP contribution is 2.47. The number of benzene rings is 9. The summed E-state index contributed by atoms with van der Waals surface area (Å²) in [5, 5.41) is 5.21. The van der Waals surface area contributed by atoms with Gasteiger partial charge in [-0.2, -0.15) is 0 Å². The molecule has 0 N–H and O–H groups in total. The van der Waals surface area contributed by atoms with Crippen LogP contribution in [0.4, 0.5) is 0 Å². The fourth-order valence-electron chi connectivity index (χ4n) is 9.43. The number of nitrogens with zero attached hydrogens (tertiary/aromatic N) is 6. The van der Waals surface area contributed by atoms with E-state index in [0.717, 1.165) is 111 Å². The molecular weight excluding hydrogens is 845 g/mol. The predicted molar refractivity (Wildman–Crippen MR) is 279 cm³/mol. The third-order valence-corrected chi connectivity index (χ3v) is 12.7. The van der Waals surface area contributed by atoms with Gasteiger partial charge in [0.1, 0.15) is 11.2 Å². The normalized spacial score (nSPS) is 11.5. The smallest absolute Gasteiger partial charge is 0.164 e. The van der Waals surface area contributed by atoms with E-state index in [2.05, 4.69) is 103 Å². The molecule has 0 radical (unpaired) electrons. The van der Waals surface area contributed by atoms with Crippen LogP contribution < -0.4 is 0 Å². The Morgan fingerprint density at radius 1 is 0.275 bits per heavy atom. The zero-order chi connectivity index (χ0) is 45.7. The van der Waals surface area contributed by atoms with Crippen molar-refractivity contribution in [1.82, 2.24) is 29.9 Å². The molecule has 0 unspecified atom stereocenters. The van der Waals surface area contributed by atoms with Crippen molar-refractivity contribution in [2.24, 2.45) is 0 Å². The van der Waals surface area contributed by atoms with E-state index in [4.69, 9.17) is 34.3 Å². The van der Waals surface area contributed by atoms with Crippen LogP contribution in [-0.2, 0) is 0 Å². The number of aromatic nitrogens is 6. The van der Waals surface area contributed by atoms with Crippen molar-refractivity contribution >= 4 is 43.6 Å². The van der Waals surface area contributed by atoms with Gasteiger partial charge >= 0.3 is 0 Å². The largest absolute Gasteiger partial charge is 0.455 e. The number of para-hydroxylation sites is 2. The van der Waals surface area contributed by atoms with Gasteiger partial charge in [-0.05, 0) is 48.0 Å². The van der Waals surface area contributed by atoms with Crippen LogP contribution in [0.25, 0.3) is 134 Å². The molecule has 4 heterocycles. The van der Waals surface area contributed by atoms with Crippen LogP contribution in [-0.4, -0.2) is 29.9 Å². The molecule has 0 aliphatic carbocycles. The minimum Gasteiger partial charge on any atom is -0.455 e. The van der Waals surface area contributed by atoms with E-state index < -0.39 is 0 Å². The predicted octanol–water partition coefficient (Wildman–Crippen LogP) is 15.6. The van der Waals surface area contributed by atoms with Gasteiger partial charge < -0.3 is 4.42 Å². The summed E-state index contributed by atoms with van der Waals surface area (Å²) in [5.41, 5.74) is 13.0. The maximum absolute atomic E-state index is 7.05. The van der Waals surface area contributed by atoms with Crippen LogP contribution in [0.3, 0.4) is 0 Å². The molecule has 0 amide bonds. The molecule has 0 spiro atoms. The highest BCUT2D eigenvalue weighted by Gasteiger charge is 2.24. The van der Waals surface area contributed by atoms with Crippen molar-refractivity contribution in [3.05, 3.63) is 231 Å². The summed E-state index contributed by atoms with van der Waals surface area (Å²) >= 11 is 0. The summed E-state index contributed by atoms with van der Waals surface area (Å²) in [5.74, 6) is 2.28. The minimum atomic E-state index is 0.519. The van der Waals surface area contributed by atoms with E-state index in [0.29, 0.717) is 23.3 Å². The standard InChI is InChI=1S/C62H38N6O/c1-6-20-39(21-7-1)52-38-53(65-59(64-52)41-24-10-3-11-25-41)45-34-44(35-46(36-45)62-67-60(42-26-12-4-13-27-42)66-61(68-62)43-28-14-5-15-29-43)49-37-50-55(56-48-31-17-19-33-54(48)69-58(49)56)47-30-16-18-32-51(47)63-57(50)40-22-8-2-9-23-40/h1-38H. The Hall–Kier alpha value is -9.46. The van der Waals surface area contributed by atoms with Gasteiger partial charge in [0.15, 0.2) is 23.3 Å². The van der Waals surface area contributed by atoms with Crippen molar-refractivity contribution in [1.29, 1.82) is 0 Å². The van der Waals surface area contributed by atoms with Gasteiger partial charge in [-0.1, -0.05) is 188 Å². The van der Waals surface area contributed by atoms with Crippen molar-refractivity contribution in [2.75, 3.05) is 0 Å². The third kappa shape index (κ3) is 7.26. The lowest BCUT2D eigenvalue weighted by Crippen LogP contribution is -2.01. The molecule has 7 heteroatoms. The summed E-state index contributed by atoms with van der Waals surface area (Å²) in [7, 11) is 0. The van der Waals surface area contributed by atoms with E-state index >= 15 is 0 Å². The second-order valence-electron chi connectivity index (χ2n) is 17.0. The Balaban J connectivity index is 1.15. The van der Waals surface area contributed by atoms with Gasteiger partial charge in [0.05, 0.1) is 22.6 Å². The maximum atomic E-state index is 7.05. The Bertz CT molecular complexity index is 3790.